The van der Waals surface area contributed by atoms with Gasteiger partial charge in [-0.25, -0.2) is 4.39 Å². The predicted octanol–water partition coefficient (Wildman–Crippen LogP) is 2.56. The second-order valence-corrected chi connectivity index (χ2v) is 4.52. The van der Waals surface area contributed by atoms with Gasteiger partial charge in [0.2, 0.25) is 5.91 Å². The molecule has 1 aromatic rings. The normalized spacial score (nSPS) is 20.0. The third-order valence-electron chi connectivity index (χ3n) is 2.82. The SMILES string of the molecule is O=C(Nc1ccc(F)cc1Cl)C1CCCCN1. The molecule has 0 aromatic heterocycles. The third kappa shape index (κ3) is 3.17. The van der Waals surface area contributed by atoms with Crippen LogP contribution in [0, 0.1) is 5.82 Å². The Bertz CT molecular complexity index is 419. The molecular weight excluding hydrogens is 243 g/mol. The highest BCUT2D eigenvalue weighted by molar-refractivity contribution is 6.33. The van der Waals surface area contributed by atoms with Crippen molar-refractivity contribution in [2.45, 2.75) is 25.3 Å². The van der Waals surface area contributed by atoms with Gasteiger partial charge in [0, 0.05) is 0 Å². The summed E-state index contributed by atoms with van der Waals surface area (Å²) in [6, 6.07) is 3.75. The van der Waals surface area contributed by atoms with Gasteiger partial charge < -0.3 is 10.6 Å². The summed E-state index contributed by atoms with van der Waals surface area (Å²) in [5, 5.41) is 6.06. The molecule has 3 nitrogen and oxygen atoms in total. The molecule has 1 unspecified atom stereocenters. The van der Waals surface area contributed by atoms with E-state index < -0.39 is 5.82 Å². The number of carbonyl (C=O) groups excluding carboxylic acids is 1. The molecule has 1 saturated heterocycles. The first-order chi connectivity index (χ1) is 8.16. The summed E-state index contributed by atoms with van der Waals surface area (Å²) < 4.78 is 12.8. The van der Waals surface area contributed by atoms with Gasteiger partial charge >= 0.3 is 0 Å². The van der Waals surface area contributed by atoms with Crippen LogP contribution in [-0.4, -0.2) is 18.5 Å². The molecule has 17 heavy (non-hydrogen) atoms. The smallest absolute Gasteiger partial charge is 0.241 e. The van der Waals surface area contributed by atoms with Crippen LogP contribution in [0.4, 0.5) is 10.1 Å². The quantitative estimate of drug-likeness (QED) is 0.854. The van der Waals surface area contributed by atoms with Gasteiger partial charge in [0.15, 0.2) is 0 Å². The second-order valence-electron chi connectivity index (χ2n) is 4.12. The van der Waals surface area contributed by atoms with Crippen LogP contribution in [0.3, 0.4) is 0 Å². The number of amides is 1. The van der Waals surface area contributed by atoms with Crippen LogP contribution in [0.5, 0.6) is 0 Å². The summed E-state index contributed by atoms with van der Waals surface area (Å²) in [5.74, 6) is -0.526. The highest BCUT2D eigenvalue weighted by atomic mass is 35.5. The van der Waals surface area contributed by atoms with E-state index in [9.17, 15) is 9.18 Å². The van der Waals surface area contributed by atoms with Crippen LogP contribution in [0.25, 0.3) is 0 Å². The van der Waals surface area contributed by atoms with E-state index in [1.165, 1.54) is 18.2 Å². The van der Waals surface area contributed by atoms with E-state index in [0.717, 1.165) is 25.8 Å². The van der Waals surface area contributed by atoms with E-state index in [2.05, 4.69) is 10.6 Å². The zero-order valence-electron chi connectivity index (χ0n) is 9.30. The fourth-order valence-corrected chi connectivity index (χ4v) is 2.10. The van der Waals surface area contributed by atoms with Crippen LogP contribution in [-0.2, 0) is 4.79 Å². The largest absolute Gasteiger partial charge is 0.323 e. The number of benzene rings is 1. The van der Waals surface area contributed by atoms with Crippen molar-refractivity contribution in [2.24, 2.45) is 0 Å². The minimum atomic E-state index is -0.413. The summed E-state index contributed by atoms with van der Waals surface area (Å²) >= 11 is 5.84. The number of hydrogen-bond donors (Lipinski definition) is 2. The Hall–Kier alpha value is -1.13. The summed E-state index contributed by atoms with van der Waals surface area (Å²) in [4.78, 5) is 11.9. The number of halogens is 2. The number of rotatable bonds is 2. The molecule has 1 heterocycles. The molecular formula is C12H14ClFN2O. The van der Waals surface area contributed by atoms with Crippen molar-refractivity contribution >= 4 is 23.2 Å². The molecule has 2 rings (SSSR count). The fourth-order valence-electron chi connectivity index (χ4n) is 1.89. The predicted molar refractivity (Wildman–Crippen MR) is 65.7 cm³/mol. The Balaban J connectivity index is 2.02. The van der Waals surface area contributed by atoms with E-state index in [1.54, 1.807) is 0 Å². The zero-order valence-corrected chi connectivity index (χ0v) is 10.1. The lowest BCUT2D eigenvalue weighted by Crippen LogP contribution is -2.43. The van der Waals surface area contributed by atoms with Gasteiger partial charge in [0.05, 0.1) is 16.8 Å². The van der Waals surface area contributed by atoms with E-state index >= 15 is 0 Å². The van der Waals surface area contributed by atoms with Gasteiger partial charge in [-0.2, -0.15) is 0 Å². The van der Waals surface area contributed by atoms with Gasteiger partial charge in [-0.1, -0.05) is 18.0 Å². The van der Waals surface area contributed by atoms with E-state index in [-0.39, 0.29) is 17.0 Å². The first kappa shape index (κ1) is 12.3. The Morgan fingerprint density at radius 2 is 2.29 bits per heavy atom. The lowest BCUT2D eigenvalue weighted by Gasteiger charge is -2.22. The second kappa shape index (κ2) is 5.47. The first-order valence-electron chi connectivity index (χ1n) is 5.66. The molecule has 0 radical (unpaired) electrons. The molecule has 92 valence electrons. The summed E-state index contributed by atoms with van der Waals surface area (Å²) in [6.45, 7) is 0.856. The molecule has 0 spiro atoms. The molecule has 1 fully saturated rings. The summed E-state index contributed by atoms with van der Waals surface area (Å²) in [7, 11) is 0. The Kier molecular flexibility index (Phi) is 3.97. The van der Waals surface area contributed by atoms with Gasteiger partial charge in [0.1, 0.15) is 5.82 Å². The number of anilines is 1. The van der Waals surface area contributed by atoms with Gasteiger partial charge in [-0.3, -0.25) is 4.79 Å². The number of carbonyl (C=O) groups is 1. The van der Waals surface area contributed by atoms with Crippen molar-refractivity contribution in [3.63, 3.8) is 0 Å². The summed E-state index contributed by atoms with van der Waals surface area (Å²) in [5.41, 5.74) is 0.449. The van der Waals surface area contributed by atoms with Crippen LogP contribution in [0.1, 0.15) is 19.3 Å². The van der Waals surface area contributed by atoms with Crippen molar-refractivity contribution in [1.82, 2.24) is 5.32 Å². The molecule has 5 heteroatoms. The molecule has 1 atom stereocenters. The average Bonchev–Trinajstić information content (AvgIpc) is 2.34. The minimum absolute atomic E-state index is 0.113. The molecule has 1 aliphatic heterocycles. The first-order valence-corrected chi connectivity index (χ1v) is 6.04. The van der Waals surface area contributed by atoms with Gasteiger partial charge in [-0.05, 0) is 37.6 Å². The maximum Gasteiger partial charge on any atom is 0.241 e. The number of hydrogen-bond acceptors (Lipinski definition) is 2. The van der Waals surface area contributed by atoms with Crippen molar-refractivity contribution < 1.29 is 9.18 Å². The monoisotopic (exact) mass is 256 g/mol. The maximum absolute atomic E-state index is 12.8. The van der Waals surface area contributed by atoms with Crippen LogP contribution in [0.2, 0.25) is 5.02 Å². The molecule has 1 amide bonds. The van der Waals surface area contributed by atoms with Gasteiger partial charge in [0.25, 0.3) is 0 Å². The van der Waals surface area contributed by atoms with Crippen LogP contribution >= 0.6 is 11.6 Å². The Labute approximate surface area is 104 Å². The molecule has 0 aliphatic carbocycles. The lowest BCUT2D eigenvalue weighted by molar-refractivity contribution is -0.118. The van der Waals surface area contributed by atoms with Crippen molar-refractivity contribution in [3.8, 4) is 0 Å². The highest BCUT2D eigenvalue weighted by Crippen LogP contribution is 2.23. The zero-order chi connectivity index (χ0) is 12.3. The Morgan fingerprint density at radius 1 is 1.47 bits per heavy atom. The molecule has 1 aliphatic rings. The fraction of sp³-hybridized carbons (Fsp3) is 0.417. The van der Waals surface area contributed by atoms with Crippen molar-refractivity contribution in [1.29, 1.82) is 0 Å². The van der Waals surface area contributed by atoms with Crippen molar-refractivity contribution in [2.75, 3.05) is 11.9 Å². The third-order valence-corrected chi connectivity index (χ3v) is 3.13. The van der Waals surface area contributed by atoms with Crippen LogP contribution in [0.15, 0.2) is 18.2 Å². The lowest BCUT2D eigenvalue weighted by atomic mass is 10.0. The van der Waals surface area contributed by atoms with E-state index in [4.69, 9.17) is 11.6 Å². The molecule has 1 aromatic carbocycles. The summed E-state index contributed by atoms with van der Waals surface area (Å²) in [6.07, 6.45) is 2.97. The van der Waals surface area contributed by atoms with Crippen LogP contribution < -0.4 is 10.6 Å². The van der Waals surface area contributed by atoms with Crippen molar-refractivity contribution in [3.05, 3.63) is 29.0 Å². The van der Waals surface area contributed by atoms with Gasteiger partial charge in [-0.15, -0.1) is 0 Å². The maximum atomic E-state index is 12.8. The Morgan fingerprint density at radius 3 is 2.94 bits per heavy atom. The number of nitrogens with one attached hydrogen (secondary N) is 2. The van der Waals surface area contributed by atoms with E-state index in [1.807, 2.05) is 0 Å². The molecule has 0 bridgehead atoms. The average molecular weight is 257 g/mol. The molecule has 0 saturated carbocycles. The minimum Gasteiger partial charge on any atom is -0.323 e. The highest BCUT2D eigenvalue weighted by Gasteiger charge is 2.20. The topological polar surface area (TPSA) is 41.1 Å². The standard InChI is InChI=1S/C12H14ClFN2O/c13-9-7-8(14)4-5-10(9)16-12(17)11-3-1-2-6-15-11/h4-5,7,11,15H,1-3,6H2,(H,16,17). The molecule has 2 N–H and O–H groups in total. The number of piperidine rings is 1. The van der Waals surface area contributed by atoms with E-state index in [0.29, 0.717) is 5.69 Å².